The number of carbonyl (C=O) groups is 1. The molecule has 4 rings (SSSR count). The molecule has 166 valence electrons. The maximum absolute atomic E-state index is 12.5. The molecule has 0 bridgehead atoms. The molecule has 0 spiro atoms. The number of hydrogen-bond donors (Lipinski definition) is 2. The van der Waals surface area contributed by atoms with E-state index in [-0.39, 0.29) is 36.8 Å². The van der Waals surface area contributed by atoms with Crippen LogP contribution < -0.4 is 10.6 Å². The van der Waals surface area contributed by atoms with E-state index in [0.29, 0.717) is 18.9 Å². The highest BCUT2D eigenvalue weighted by molar-refractivity contribution is 7.10. The maximum Gasteiger partial charge on any atom is 0.220 e. The van der Waals surface area contributed by atoms with Crippen LogP contribution in [0.3, 0.4) is 0 Å². The van der Waals surface area contributed by atoms with Gasteiger partial charge in [0.25, 0.3) is 0 Å². The van der Waals surface area contributed by atoms with Gasteiger partial charge >= 0.3 is 0 Å². The van der Waals surface area contributed by atoms with Crippen molar-refractivity contribution in [3.05, 3.63) is 57.8 Å². The van der Waals surface area contributed by atoms with Crippen molar-refractivity contribution >= 4 is 42.1 Å². The second kappa shape index (κ2) is 12.7. The van der Waals surface area contributed by atoms with Gasteiger partial charge in [-0.05, 0) is 67.3 Å². The van der Waals surface area contributed by atoms with Crippen LogP contribution in [0.1, 0.15) is 47.7 Å². The Bertz CT molecular complexity index is 765. The summed E-state index contributed by atoms with van der Waals surface area (Å²) in [5.74, 6) is 0.906. The first-order valence-electron chi connectivity index (χ1n) is 10.6. The normalized spacial score (nSPS) is 17.9. The van der Waals surface area contributed by atoms with Gasteiger partial charge in [-0.1, -0.05) is 30.3 Å². The monoisotopic (exact) mass is 469 g/mol. The second-order valence-electron chi connectivity index (χ2n) is 8.05. The molecule has 1 unspecified atom stereocenters. The lowest BCUT2D eigenvalue weighted by atomic mass is 9.93. The van der Waals surface area contributed by atoms with E-state index in [9.17, 15) is 4.79 Å². The molecule has 1 aromatic carbocycles. The molecule has 1 atom stereocenters. The third-order valence-corrected chi connectivity index (χ3v) is 7.22. The summed E-state index contributed by atoms with van der Waals surface area (Å²) in [5.41, 5.74) is 2.74. The van der Waals surface area contributed by atoms with Gasteiger partial charge in [0.05, 0.1) is 6.04 Å². The number of rotatable bonds is 7. The molecule has 2 aromatic rings. The fourth-order valence-corrected chi connectivity index (χ4v) is 5.36. The molecule has 2 aliphatic heterocycles. The Balaban J connectivity index is 0.00000160. The van der Waals surface area contributed by atoms with Crippen LogP contribution in [0.25, 0.3) is 0 Å². The lowest BCUT2D eigenvalue weighted by Gasteiger charge is -2.35. The molecule has 3 heterocycles. The van der Waals surface area contributed by atoms with Crippen LogP contribution in [0.2, 0.25) is 0 Å². The lowest BCUT2D eigenvalue weighted by molar-refractivity contribution is -0.121. The standard InChI is InChI=1S/C23H31N3OS.2ClH/c27-23(7-6-18-8-12-24-13-9-18)25-16-21(19-4-2-1-3-5-19)26-14-10-22-20(17-26)11-15-28-22;;/h1-5,11,15,18,21,24H,6-10,12-14,16-17H2,(H,25,27);2*1H. The number of hydrogen-bond acceptors (Lipinski definition) is 4. The molecule has 2 N–H and O–H groups in total. The Hall–Kier alpha value is -1.11. The Morgan fingerprint density at radius 1 is 1.17 bits per heavy atom. The molecule has 1 saturated heterocycles. The van der Waals surface area contributed by atoms with Crippen molar-refractivity contribution in [1.82, 2.24) is 15.5 Å². The molecule has 0 saturated carbocycles. The fraction of sp³-hybridized carbons (Fsp3) is 0.522. The molecule has 30 heavy (non-hydrogen) atoms. The number of nitrogens with one attached hydrogen (secondary N) is 2. The lowest BCUT2D eigenvalue weighted by Crippen LogP contribution is -2.40. The van der Waals surface area contributed by atoms with Crippen molar-refractivity contribution in [3.63, 3.8) is 0 Å². The van der Waals surface area contributed by atoms with Crippen LogP contribution in [0.5, 0.6) is 0 Å². The Morgan fingerprint density at radius 2 is 1.93 bits per heavy atom. The summed E-state index contributed by atoms with van der Waals surface area (Å²) in [5, 5.41) is 8.84. The minimum Gasteiger partial charge on any atom is -0.354 e. The van der Waals surface area contributed by atoms with Crippen LogP contribution in [0, 0.1) is 5.92 Å². The molecule has 4 nitrogen and oxygen atoms in total. The number of thiophene rings is 1. The summed E-state index contributed by atoms with van der Waals surface area (Å²) in [6.07, 6.45) is 5.19. The number of nitrogens with zero attached hydrogens (tertiary/aromatic N) is 1. The number of benzene rings is 1. The average molecular weight is 471 g/mol. The van der Waals surface area contributed by atoms with E-state index in [1.54, 1.807) is 0 Å². The van der Waals surface area contributed by atoms with E-state index in [2.05, 4.69) is 57.3 Å². The molecule has 2 aliphatic rings. The topological polar surface area (TPSA) is 44.4 Å². The van der Waals surface area contributed by atoms with E-state index >= 15 is 0 Å². The number of piperidine rings is 1. The summed E-state index contributed by atoms with van der Waals surface area (Å²) in [6, 6.07) is 13.1. The number of halogens is 2. The molecule has 7 heteroatoms. The van der Waals surface area contributed by atoms with Crippen molar-refractivity contribution in [2.75, 3.05) is 26.2 Å². The minimum atomic E-state index is 0. The predicted molar refractivity (Wildman–Crippen MR) is 130 cm³/mol. The highest BCUT2D eigenvalue weighted by Crippen LogP contribution is 2.30. The molecule has 1 amide bonds. The quantitative estimate of drug-likeness (QED) is 0.623. The summed E-state index contributed by atoms with van der Waals surface area (Å²) in [6.45, 7) is 4.92. The number of carbonyl (C=O) groups excluding carboxylic acids is 1. The van der Waals surface area contributed by atoms with Gasteiger partial charge in [0.15, 0.2) is 0 Å². The van der Waals surface area contributed by atoms with Gasteiger partial charge < -0.3 is 10.6 Å². The summed E-state index contributed by atoms with van der Waals surface area (Å²) < 4.78 is 0. The summed E-state index contributed by atoms with van der Waals surface area (Å²) in [7, 11) is 0. The average Bonchev–Trinajstić information content (AvgIpc) is 3.22. The van der Waals surface area contributed by atoms with E-state index in [4.69, 9.17) is 0 Å². The van der Waals surface area contributed by atoms with Gasteiger partial charge in [0, 0.05) is 30.9 Å². The van der Waals surface area contributed by atoms with Gasteiger partial charge in [-0.3, -0.25) is 9.69 Å². The predicted octanol–water partition coefficient (Wildman–Crippen LogP) is 4.59. The minimum absolute atomic E-state index is 0. The smallest absolute Gasteiger partial charge is 0.220 e. The molecule has 0 radical (unpaired) electrons. The van der Waals surface area contributed by atoms with Gasteiger partial charge in [-0.2, -0.15) is 0 Å². The van der Waals surface area contributed by atoms with Crippen molar-refractivity contribution in [1.29, 1.82) is 0 Å². The van der Waals surface area contributed by atoms with E-state index in [1.807, 2.05) is 11.3 Å². The van der Waals surface area contributed by atoms with Crippen molar-refractivity contribution in [3.8, 4) is 0 Å². The molecular formula is C23H33Cl2N3OS. The van der Waals surface area contributed by atoms with E-state index in [0.717, 1.165) is 39.0 Å². The Morgan fingerprint density at radius 3 is 2.70 bits per heavy atom. The molecule has 1 fully saturated rings. The third kappa shape index (κ3) is 6.69. The zero-order valence-electron chi connectivity index (χ0n) is 17.3. The maximum atomic E-state index is 12.5. The first kappa shape index (κ1) is 25.2. The van der Waals surface area contributed by atoms with Crippen molar-refractivity contribution < 1.29 is 4.79 Å². The van der Waals surface area contributed by atoms with Crippen LogP contribution in [-0.2, 0) is 17.8 Å². The Kier molecular flexibility index (Phi) is 10.6. The largest absolute Gasteiger partial charge is 0.354 e. The van der Waals surface area contributed by atoms with Gasteiger partial charge in [-0.15, -0.1) is 36.2 Å². The third-order valence-electron chi connectivity index (χ3n) is 6.19. The van der Waals surface area contributed by atoms with Crippen LogP contribution in [0.15, 0.2) is 41.8 Å². The fourth-order valence-electron chi connectivity index (χ4n) is 4.47. The van der Waals surface area contributed by atoms with Gasteiger partial charge in [-0.25, -0.2) is 0 Å². The summed E-state index contributed by atoms with van der Waals surface area (Å²) in [4.78, 5) is 16.6. The zero-order chi connectivity index (χ0) is 19.2. The SMILES string of the molecule is Cl.Cl.O=C(CCC1CCNCC1)NCC(c1ccccc1)N1CCc2sccc2C1. The van der Waals surface area contributed by atoms with Gasteiger partial charge in [0.1, 0.15) is 0 Å². The molecular weight excluding hydrogens is 437 g/mol. The first-order valence-corrected chi connectivity index (χ1v) is 11.5. The number of amides is 1. The zero-order valence-corrected chi connectivity index (χ0v) is 19.8. The highest BCUT2D eigenvalue weighted by atomic mass is 35.5. The van der Waals surface area contributed by atoms with Gasteiger partial charge in [0.2, 0.25) is 5.91 Å². The van der Waals surface area contributed by atoms with E-state index < -0.39 is 0 Å². The highest BCUT2D eigenvalue weighted by Gasteiger charge is 2.26. The van der Waals surface area contributed by atoms with Crippen LogP contribution >= 0.6 is 36.2 Å². The van der Waals surface area contributed by atoms with Crippen LogP contribution in [0.4, 0.5) is 0 Å². The van der Waals surface area contributed by atoms with Crippen molar-refractivity contribution in [2.45, 2.75) is 44.7 Å². The summed E-state index contributed by atoms with van der Waals surface area (Å²) >= 11 is 1.87. The Labute approximate surface area is 196 Å². The first-order chi connectivity index (χ1) is 13.8. The van der Waals surface area contributed by atoms with E-state index in [1.165, 1.54) is 28.8 Å². The molecule has 0 aliphatic carbocycles. The van der Waals surface area contributed by atoms with Crippen LogP contribution in [-0.4, -0.2) is 37.0 Å². The molecule has 1 aromatic heterocycles. The van der Waals surface area contributed by atoms with Crippen molar-refractivity contribution in [2.24, 2.45) is 5.92 Å². The second-order valence-corrected chi connectivity index (χ2v) is 9.05. The number of fused-ring (bicyclic) bond motifs is 1.